The Hall–Kier alpha value is -2.83. The second-order valence-corrected chi connectivity index (χ2v) is 6.53. The summed E-state index contributed by atoms with van der Waals surface area (Å²) in [5, 5.41) is 25.9. The number of anilines is 1. The van der Waals surface area contributed by atoms with Crippen LogP contribution in [0.5, 0.6) is 0 Å². The first kappa shape index (κ1) is 17.6. The minimum Gasteiger partial charge on any atom is -0.387 e. The first-order chi connectivity index (χ1) is 13.0. The van der Waals surface area contributed by atoms with Gasteiger partial charge in [0.2, 0.25) is 11.8 Å². The molecule has 12 nitrogen and oxygen atoms in total. The van der Waals surface area contributed by atoms with Crippen LogP contribution < -0.4 is 16.4 Å². The van der Waals surface area contributed by atoms with Gasteiger partial charge < -0.3 is 31.3 Å². The molecule has 0 saturated carbocycles. The van der Waals surface area contributed by atoms with Gasteiger partial charge in [0, 0.05) is 13.0 Å². The van der Waals surface area contributed by atoms with Crippen molar-refractivity contribution in [1.82, 2.24) is 30.2 Å². The summed E-state index contributed by atoms with van der Waals surface area (Å²) in [6, 6.07) is -0.589. The van der Waals surface area contributed by atoms with E-state index in [4.69, 9.17) is 10.5 Å². The molecule has 4 heterocycles. The zero-order valence-electron chi connectivity index (χ0n) is 14.1. The fourth-order valence-electron chi connectivity index (χ4n) is 3.32. The molecule has 2 aromatic rings. The van der Waals surface area contributed by atoms with Crippen LogP contribution in [0.1, 0.15) is 19.1 Å². The lowest BCUT2D eigenvalue weighted by Gasteiger charge is -2.17. The molecule has 12 heteroatoms. The van der Waals surface area contributed by atoms with Crippen molar-refractivity contribution in [3.05, 3.63) is 12.7 Å². The van der Waals surface area contributed by atoms with Gasteiger partial charge in [-0.3, -0.25) is 14.2 Å². The van der Waals surface area contributed by atoms with Gasteiger partial charge in [-0.1, -0.05) is 0 Å². The third-order valence-corrected chi connectivity index (χ3v) is 4.79. The van der Waals surface area contributed by atoms with Crippen LogP contribution in [0.2, 0.25) is 0 Å². The van der Waals surface area contributed by atoms with E-state index < -0.39 is 30.6 Å². The molecule has 2 aliphatic heterocycles. The molecule has 0 aliphatic carbocycles. The number of aromatic nitrogens is 4. The molecule has 5 atom stereocenters. The maximum atomic E-state index is 12.1. The number of aliphatic hydroxyl groups is 2. The molecule has 2 saturated heterocycles. The Bertz CT molecular complexity index is 887. The highest BCUT2D eigenvalue weighted by molar-refractivity contribution is 5.90. The molecule has 0 unspecified atom stereocenters. The molecule has 0 radical (unpaired) electrons. The predicted molar refractivity (Wildman–Crippen MR) is 89.8 cm³/mol. The Morgan fingerprint density at radius 3 is 2.93 bits per heavy atom. The topological polar surface area (TPSA) is 178 Å². The Labute approximate surface area is 152 Å². The standard InChI is InChI=1S/C15H19N7O5/c16-12-9-13(19-4-18-12)22(5-20-9)15-11(25)10(24)7(27-15)3-17-14(26)6-1-2-8(23)21-6/h4-7,10-11,15,24-25H,1-3H2,(H,17,26)(H,21,23)(H2,16,18,19)/t6-,7-,10-,11-,15-/m1/s1. The first-order valence-electron chi connectivity index (χ1n) is 8.47. The molecule has 0 aromatic carbocycles. The number of carbonyl (C=O) groups is 2. The fourth-order valence-corrected chi connectivity index (χ4v) is 3.32. The van der Waals surface area contributed by atoms with E-state index in [1.807, 2.05) is 0 Å². The van der Waals surface area contributed by atoms with E-state index in [1.54, 1.807) is 0 Å². The molecule has 2 amide bonds. The summed E-state index contributed by atoms with van der Waals surface area (Å²) in [5.41, 5.74) is 6.47. The van der Waals surface area contributed by atoms with Gasteiger partial charge in [-0.2, -0.15) is 0 Å². The number of hydrogen-bond donors (Lipinski definition) is 5. The van der Waals surface area contributed by atoms with Gasteiger partial charge in [-0.15, -0.1) is 0 Å². The van der Waals surface area contributed by atoms with Crippen molar-refractivity contribution in [2.45, 2.75) is 43.4 Å². The van der Waals surface area contributed by atoms with Crippen LogP contribution in [0.4, 0.5) is 5.82 Å². The molecule has 6 N–H and O–H groups in total. The van der Waals surface area contributed by atoms with Crippen LogP contribution in [-0.2, 0) is 14.3 Å². The number of fused-ring (bicyclic) bond motifs is 1. The quantitative estimate of drug-likeness (QED) is 0.383. The number of ether oxygens (including phenoxy) is 1. The average molecular weight is 377 g/mol. The lowest BCUT2D eigenvalue weighted by atomic mass is 10.1. The number of nitrogen functional groups attached to an aromatic ring is 1. The number of hydrogen-bond acceptors (Lipinski definition) is 9. The van der Waals surface area contributed by atoms with E-state index in [0.29, 0.717) is 24.0 Å². The monoisotopic (exact) mass is 377 g/mol. The van der Waals surface area contributed by atoms with E-state index >= 15 is 0 Å². The maximum absolute atomic E-state index is 12.1. The molecule has 144 valence electrons. The highest BCUT2D eigenvalue weighted by Gasteiger charge is 2.44. The number of carbonyl (C=O) groups excluding carboxylic acids is 2. The van der Waals surface area contributed by atoms with Crippen molar-refractivity contribution in [3.63, 3.8) is 0 Å². The van der Waals surface area contributed by atoms with Crippen molar-refractivity contribution >= 4 is 28.8 Å². The number of amides is 2. The van der Waals surface area contributed by atoms with Crippen LogP contribution in [-0.4, -0.2) is 72.4 Å². The SMILES string of the molecule is Nc1ncnc2c1ncn2[C@@H]1O[C@H](CNC(=O)[C@H]2CCC(=O)N2)[C@@H](O)[C@H]1O. The summed E-state index contributed by atoms with van der Waals surface area (Å²) >= 11 is 0. The lowest BCUT2D eigenvalue weighted by molar-refractivity contribution is -0.126. The molecule has 2 aliphatic rings. The Morgan fingerprint density at radius 1 is 1.37 bits per heavy atom. The summed E-state index contributed by atoms with van der Waals surface area (Å²) in [4.78, 5) is 35.3. The number of nitrogens with one attached hydrogen (secondary N) is 2. The highest BCUT2D eigenvalue weighted by atomic mass is 16.6. The third-order valence-electron chi connectivity index (χ3n) is 4.79. The number of imidazole rings is 1. The van der Waals surface area contributed by atoms with Crippen LogP contribution in [0, 0.1) is 0 Å². The zero-order valence-corrected chi connectivity index (χ0v) is 14.1. The van der Waals surface area contributed by atoms with Gasteiger partial charge in [-0.25, -0.2) is 15.0 Å². The second kappa shape index (κ2) is 6.72. The molecule has 2 aromatic heterocycles. The van der Waals surface area contributed by atoms with Crippen LogP contribution in [0.3, 0.4) is 0 Å². The predicted octanol–water partition coefficient (Wildman–Crippen LogP) is -2.58. The average Bonchev–Trinajstić information content (AvgIpc) is 3.34. The molecule has 4 rings (SSSR count). The molecule has 2 fully saturated rings. The Kier molecular flexibility index (Phi) is 4.37. The van der Waals surface area contributed by atoms with E-state index in [-0.39, 0.29) is 24.2 Å². The van der Waals surface area contributed by atoms with Crippen molar-refractivity contribution < 1.29 is 24.5 Å². The highest BCUT2D eigenvalue weighted by Crippen LogP contribution is 2.31. The zero-order chi connectivity index (χ0) is 19.1. The molecular formula is C15H19N7O5. The largest absolute Gasteiger partial charge is 0.387 e. The minimum absolute atomic E-state index is 0.0241. The smallest absolute Gasteiger partial charge is 0.242 e. The van der Waals surface area contributed by atoms with Crippen LogP contribution in [0.15, 0.2) is 12.7 Å². The second-order valence-electron chi connectivity index (χ2n) is 6.53. The van der Waals surface area contributed by atoms with Gasteiger partial charge in [0.1, 0.15) is 36.2 Å². The van der Waals surface area contributed by atoms with Gasteiger partial charge in [0.05, 0.1) is 6.33 Å². The lowest BCUT2D eigenvalue weighted by Crippen LogP contribution is -2.46. The van der Waals surface area contributed by atoms with Gasteiger partial charge >= 0.3 is 0 Å². The third kappa shape index (κ3) is 3.07. The molecule has 0 bridgehead atoms. The summed E-state index contributed by atoms with van der Waals surface area (Å²) in [7, 11) is 0. The summed E-state index contributed by atoms with van der Waals surface area (Å²) in [5.74, 6) is -0.339. The summed E-state index contributed by atoms with van der Waals surface area (Å²) < 4.78 is 7.19. The van der Waals surface area contributed by atoms with Gasteiger partial charge in [0.25, 0.3) is 0 Å². The number of nitrogens with two attached hydrogens (primary N) is 1. The van der Waals surface area contributed by atoms with Crippen molar-refractivity contribution in [1.29, 1.82) is 0 Å². The Morgan fingerprint density at radius 2 is 2.19 bits per heavy atom. The maximum Gasteiger partial charge on any atom is 0.242 e. The van der Waals surface area contributed by atoms with E-state index in [2.05, 4.69) is 25.6 Å². The molecule has 27 heavy (non-hydrogen) atoms. The number of rotatable bonds is 4. The fraction of sp³-hybridized carbons (Fsp3) is 0.533. The minimum atomic E-state index is -1.26. The van der Waals surface area contributed by atoms with Crippen molar-refractivity contribution in [2.24, 2.45) is 0 Å². The van der Waals surface area contributed by atoms with Crippen LogP contribution >= 0.6 is 0 Å². The van der Waals surface area contributed by atoms with Crippen molar-refractivity contribution in [3.8, 4) is 0 Å². The van der Waals surface area contributed by atoms with E-state index in [0.717, 1.165) is 0 Å². The van der Waals surface area contributed by atoms with Crippen LogP contribution in [0.25, 0.3) is 11.2 Å². The molecular weight excluding hydrogens is 358 g/mol. The molecule has 0 spiro atoms. The summed E-state index contributed by atoms with van der Waals surface area (Å²) in [6.07, 6.45) is -0.898. The Balaban J connectivity index is 1.45. The number of nitrogens with zero attached hydrogens (tertiary/aromatic N) is 4. The number of aliphatic hydroxyl groups excluding tert-OH is 2. The van der Waals surface area contributed by atoms with E-state index in [9.17, 15) is 19.8 Å². The summed E-state index contributed by atoms with van der Waals surface area (Å²) in [6.45, 7) is -0.0241. The van der Waals surface area contributed by atoms with Crippen molar-refractivity contribution in [2.75, 3.05) is 12.3 Å². The van der Waals surface area contributed by atoms with Gasteiger partial charge in [-0.05, 0) is 6.42 Å². The normalized spacial score (nSPS) is 30.6. The van der Waals surface area contributed by atoms with Gasteiger partial charge in [0.15, 0.2) is 17.7 Å². The van der Waals surface area contributed by atoms with E-state index in [1.165, 1.54) is 17.2 Å². The first-order valence-corrected chi connectivity index (χ1v) is 8.47.